The summed E-state index contributed by atoms with van der Waals surface area (Å²) in [6, 6.07) is 4.01. The monoisotopic (exact) mass is 418 g/mol. The first-order chi connectivity index (χ1) is 14.4. The van der Waals surface area contributed by atoms with Crippen LogP contribution >= 0.6 is 11.3 Å². The van der Waals surface area contributed by atoms with E-state index < -0.39 is 0 Å². The minimum absolute atomic E-state index is 0.285. The van der Waals surface area contributed by atoms with Crippen molar-refractivity contribution in [2.45, 2.75) is 39.7 Å². The van der Waals surface area contributed by atoms with Gasteiger partial charge in [-0.05, 0) is 47.4 Å². The maximum atomic E-state index is 5.07. The standard InChI is InChI=1S/C23H26N6S/c1-23(2)8-7-15-16(10-23)17-18-19(30-22(17)28-21(15)29(3)4)20(27-13-26-18)25-12-14-6-5-9-24-11-14/h5-6,9,11,13H,7-8,10,12H2,1-4H3,(H,25,26,27). The summed E-state index contributed by atoms with van der Waals surface area (Å²) >= 11 is 1.69. The number of nitrogens with zero attached hydrogens (tertiary/aromatic N) is 5. The molecule has 4 aromatic heterocycles. The largest absolute Gasteiger partial charge is 0.365 e. The fraction of sp³-hybridized carbons (Fsp3) is 0.391. The third-order valence-electron chi connectivity index (χ3n) is 5.91. The van der Waals surface area contributed by atoms with E-state index in [0.29, 0.717) is 6.54 Å². The summed E-state index contributed by atoms with van der Waals surface area (Å²) in [6.45, 7) is 5.40. The Morgan fingerprint density at radius 2 is 2.07 bits per heavy atom. The van der Waals surface area contributed by atoms with Crippen molar-refractivity contribution in [3.63, 3.8) is 0 Å². The average molecular weight is 419 g/mol. The van der Waals surface area contributed by atoms with Gasteiger partial charge in [0.15, 0.2) is 0 Å². The molecule has 5 rings (SSSR count). The fourth-order valence-electron chi connectivity index (χ4n) is 4.37. The quantitative estimate of drug-likeness (QED) is 0.512. The summed E-state index contributed by atoms with van der Waals surface area (Å²) in [5.74, 6) is 1.96. The van der Waals surface area contributed by atoms with Crippen molar-refractivity contribution < 1.29 is 0 Å². The Morgan fingerprint density at radius 3 is 2.83 bits per heavy atom. The van der Waals surface area contributed by atoms with Crippen molar-refractivity contribution >= 4 is 43.4 Å². The predicted octanol–water partition coefficient (Wildman–Crippen LogP) is 4.83. The molecule has 6 nitrogen and oxygen atoms in total. The van der Waals surface area contributed by atoms with Gasteiger partial charge in [0.05, 0.1) is 10.2 Å². The molecule has 0 bridgehead atoms. The van der Waals surface area contributed by atoms with Gasteiger partial charge in [-0.1, -0.05) is 19.9 Å². The lowest BCUT2D eigenvalue weighted by Crippen LogP contribution is -2.25. The summed E-state index contributed by atoms with van der Waals surface area (Å²) in [7, 11) is 4.17. The van der Waals surface area contributed by atoms with E-state index in [1.807, 2.05) is 12.3 Å². The van der Waals surface area contributed by atoms with Gasteiger partial charge in [0.2, 0.25) is 0 Å². The van der Waals surface area contributed by atoms with Gasteiger partial charge < -0.3 is 10.2 Å². The lowest BCUT2D eigenvalue weighted by molar-refractivity contribution is 0.317. The van der Waals surface area contributed by atoms with E-state index in [1.54, 1.807) is 23.9 Å². The van der Waals surface area contributed by atoms with E-state index in [2.05, 4.69) is 54.2 Å². The van der Waals surface area contributed by atoms with Gasteiger partial charge in [-0.15, -0.1) is 11.3 Å². The average Bonchev–Trinajstić information content (AvgIpc) is 3.11. The van der Waals surface area contributed by atoms with Gasteiger partial charge >= 0.3 is 0 Å². The zero-order valence-electron chi connectivity index (χ0n) is 17.9. The summed E-state index contributed by atoms with van der Waals surface area (Å²) in [5, 5.41) is 4.70. The minimum atomic E-state index is 0.285. The van der Waals surface area contributed by atoms with Gasteiger partial charge in [0.1, 0.15) is 22.8 Å². The van der Waals surface area contributed by atoms with Crippen molar-refractivity contribution in [1.29, 1.82) is 0 Å². The van der Waals surface area contributed by atoms with Crippen LogP contribution in [-0.2, 0) is 19.4 Å². The Balaban J connectivity index is 1.67. The van der Waals surface area contributed by atoms with E-state index in [4.69, 9.17) is 9.97 Å². The number of anilines is 2. The molecule has 0 aromatic carbocycles. The van der Waals surface area contributed by atoms with Crippen LogP contribution in [0.1, 0.15) is 37.0 Å². The first kappa shape index (κ1) is 19.2. The predicted molar refractivity (Wildman–Crippen MR) is 124 cm³/mol. The molecule has 0 atom stereocenters. The van der Waals surface area contributed by atoms with Crippen LogP contribution in [0.15, 0.2) is 30.9 Å². The van der Waals surface area contributed by atoms with Crippen molar-refractivity contribution in [2.75, 3.05) is 24.3 Å². The maximum Gasteiger partial charge on any atom is 0.147 e. The first-order valence-electron chi connectivity index (χ1n) is 10.3. The van der Waals surface area contributed by atoms with Gasteiger partial charge in [0, 0.05) is 38.4 Å². The highest BCUT2D eigenvalue weighted by Gasteiger charge is 2.31. The molecular weight excluding hydrogens is 392 g/mol. The van der Waals surface area contributed by atoms with Gasteiger partial charge in [-0.2, -0.15) is 0 Å². The molecular formula is C23H26N6S. The molecule has 7 heteroatoms. The van der Waals surface area contributed by atoms with E-state index in [9.17, 15) is 0 Å². The van der Waals surface area contributed by atoms with Crippen LogP contribution < -0.4 is 10.2 Å². The number of aromatic nitrogens is 4. The third-order valence-corrected chi connectivity index (χ3v) is 6.99. The van der Waals surface area contributed by atoms with Gasteiger partial charge in [-0.3, -0.25) is 4.98 Å². The normalized spacial score (nSPS) is 15.3. The molecule has 154 valence electrons. The van der Waals surface area contributed by atoms with E-state index >= 15 is 0 Å². The molecule has 4 aromatic rings. The molecule has 1 aliphatic rings. The smallest absolute Gasteiger partial charge is 0.147 e. The Hall–Kier alpha value is -2.80. The Bertz CT molecular complexity index is 1230. The molecule has 0 unspecified atom stereocenters. The number of nitrogens with one attached hydrogen (secondary N) is 1. The number of hydrogen-bond donors (Lipinski definition) is 1. The Kier molecular flexibility index (Phi) is 4.58. The van der Waals surface area contributed by atoms with Crippen molar-refractivity contribution in [1.82, 2.24) is 19.9 Å². The van der Waals surface area contributed by atoms with Crippen LogP contribution in [0.3, 0.4) is 0 Å². The van der Waals surface area contributed by atoms with Crippen LogP contribution in [0.2, 0.25) is 0 Å². The Labute approximate surface area is 180 Å². The molecule has 1 aliphatic carbocycles. The molecule has 4 heterocycles. The van der Waals surface area contributed by atoms with Crippen LogP contribution in [0.4, 0.5) is 11.6 Å². The highest BCUT2D eigenvalue weighted by Crippen LogP contribution is 2.45. The Morgan fingerprint density at radius 1 is 1.20 bits per heavy atom. The second-order valence-electron chi connectivity index (χ2n) is 9.02. The van der Waals surface area contributed by atoms with E-state index in [1.165, 1.54) is 22.9 Å². The molecule has 0 spiro atoms. The summed E-state index contributed by atoms with van der Waals surface area (Å²) in [4.78, 5) is 21.7. The van der Waals surface area contributed by atoms with Crippen molar-refractivity contribution in [2.24, 2.45) is 5.41 Å². The number of thiophene rings is 1. The van der Waals surface area contributed by atoms with Gasteiger partial charge in [-0.25, -0.2) is 15.0 Å². The van der Waals surface area contributed by atoms with Gasteiger partial charge in [0.25, 0.3) is 0 Å². The molecule has 0 radical (unpaired) electrons. The van der Waals surface area contributed by atoms with E-state index in [-0.39, 0.29) is 5.41 Å². The van der Waals surface area contributed by atoms with Crippen molar-refractivity contribution in [3.05, 3.63) is 47.5 Å². The molecule has 0 amide bonds. The number of rotatable bonds is 4. The second kappa shape index (κ2) is 7.16. The number of pyridine rings is 2. The lowest BCUT2D eigenvalue weighted by Gasteiger charge is -2.33. The summed E-state index contributed by atoms with van der Waals surface area (Å²) in [6.07, 6.45) is 8.63. The molecule has 1 N–H and O–H groups in total. The fourth-order valence-corrected chi connectivity index (χ4v) is 5.49. The van der Waals surface area contributed by atoms with Crippen LogP contribution in [-0.4, -0.2) is 34.0 Å². The lowest BCUT2D eigenvalue weighted by atomic mass is 9.73. The van der Waals surface area contributed by atoms with E-state index in [0.717, 1.165) is 45.1 Å². The molecule has 0 saturated heterocycles. The number of fused-ring (bicyclic) bond motifs is 5. The zero-order valence-corrected chi connectivity index (χ0v) is 18.7. The van der Waals surface area contributed by atoms with Crippen molar-refractivity contribution in [3.8, 4) is 0 Å². The number of hydrogen-bond acceptors (Lipinski definition) is 7. The SMILES string of the molecule is CN(C)c1nc2sc3c(NCc4cccnc4)ncnc3c2c2c1CCC(C)(C)C2. The highest BCUT2D eigenvalue weighted by atomic mass is 32.1. The summed E-state index contributed by atoms with van der Waals surface area (Å²) < 4.78 is 1.07. The van der Waals surface area contributed by atoms with Crippen LogP contribution in [0.5, 0.6) is 0 Å². The zero-order chi connectivity index (χ0) is 20.9. The van der Waals surface area contributed by atoms with Crippen LogP contribution in [0, 0.1) is 5.41 Å². The molecule has 30 heavy (non-hydrogen) atoms. The third kappa shape index (κ3) is 3.27. The topological polar surface area (TPSA) is 66.8 Å². The molecule has 0 aliphatic heterocycles. The first-order valence-corrected chi connectivity index (χ1v) is 11.1. The molecule has 0 saturated carbocycles. The summed E-state index contributed by atoms with van der Waals surface area (Å²) in [5.41, 5.74) is 5.23. The minimum Gasteiger partial charge on any atom is -0.365 e. The highest BCUT2D eigenvalue weighted by molar-refractivity contribution is 7.26. The second-order valence-corrected chi connectivity index (χ2v) is 10.0. The van der Waals surface area contributed by atoms with Crippen LogP contribution in [0.25, 0.3) is 20.4 Å². The maximum absolute atomic E-state index is 5.07. The molecule has 0 fully saturated rings.